The summed E-state index contributed by atoms with van der Waals surface area (Å²) in [4.78, 5) is 14.6. The zero-order valence-corrected chi connectivity index (χ0v) is 15.6. The van der Waals surface area contributed by atoms with Crippen molar-refractivity contribution in [2.24, 2.45) is 0 Å². The molecule has 0 unspecified atom stereocenters. The van der Waals surface area contributed by atoms with Crippen molar-refractivity contribution in [2.75, 3.05) is 26.3 Å². The fraction of sp³-hybridized carbons (Fsp3) is 0.611. The predicted octanol–water partition coefficient (Wildman–Crippen LogP) is 3.78. The molecule has 1 aromatic rings. The smallest absolute Gasteiger partial charge is 0.254 e. The third kappa shape index (κ3) is 4.54. The van der Waals surface area contributed by atoms with Crippen LogP contribution in [-0.2, 0) is 4.74 Å². The summed E-state index contributed by atoms with van der Waals surface area (Å²) in [6.45, 7) is 10.0. The molecule has 134 valence electrons. The number of carbonyl (C=O) groups is 1. The van der Waals surface area contributed by atoms with Gasteiger partial charge in [-0.2, -0.15) is 0 Å². The average Bonchev–Trinajstić information content (AvgIpc) is 2.52. The van der Waals surface area contributed by atoms with E-state index in [1.54, 1.807) is 17.0 Å². The second-order valence-electron chi connectivity index (χ2n) is 6.03. The molecule has 0 radical (unpaired) electrons. The number of hydrogen-bond acceptors (Lipinski definition) is 4. The number of morpholine rings is 1. The maximum Gasteiger partial charge on any atom is 0.254 e. The van der Waals surface area contributed by atoms with Crippen molar-refractivity contribution < 1.29 is 19.0 Å². The Morgan fingerprint density at radius 2 is 1.92 bits per heavy atom. The molecular weight excluding hydrogens is 330 g/mol. The molecule has 0 spiro atoms. The maximum absolute atomic E-state index is 12.8. The van der Waals surface area contributed by atoms with Crippen LogP contribution in [0.1, 0.15) is 44.5 Å². The molecule has 0 aromatic heterocycles. The lowest BCUT2D eigenvalue weighted by Crippen LogP contribution is -2.48. The van der Waals surface area contributed by atoms with E-state index < -0.39 is 0 Å². The van der Waals surface area contributed by atoms with Crippen LogP contribution in [0.25, 0.3) is 0 Å². The second kappa shape index (κ2) is 8.58. The van der Waals surface area contributed by atoms with E-state index >= 15 is 0 Å². The van der Waals surface area contributed by atoms with Crippen LogP contribution >= 0.6 is 11.6 Å². The van der Waals surface area contributed by atoms with E-state index in [-0.39, 0.29) is 18.1 Å². The summed E-state index contributed by atoms with van der Waals surface area (Å²) in [6, 6.07) is 3.37. The zero-order valence-electron chi connectivity index (χ0n) is 14.8. The largest absolute Gasteiger partial charge is 0.490 e. The lowest BCUT2D eigenvalue weighted by Gasteiger charge is -2.35. The van der Waals surface area contributed by atoms with Crippen LogP contribution in [0.5, 0.6) is 11.5 Å². The number of amides is 1. The van der Waals surface area contributed by atoms with Crippen molar-refractivity contribution in [3.63, 3.8) is 0 Å². The standard InChI is InChI=1S/C18H26ClNO4/c1-5-7-23-17-15(19)8-14(9-16(17)22-6-2)18(21)20-10-12(3)24-13(4)11-20/h8-9,12-13H,5-7,10-11H2,1-4H3/t12-,13+. The second-order valence-corrected chi connectivity index (χ2v) is 6.44. The van der Waals surface area contributed by atoms with Crippen LogP contribution in [-0.4, -0.2) is 49.3 Å². The van der Waals surface area contributed by atoms with E-state index in [0.717, 1.165) is 6.42 Å². The summed E-state index contributed by atoms with van der Waals surface area (Å²) >= 11 is 6.35. The Hall–Kier alpha value is -1.46. The van der Waals surface area contributed by atoms with Crippen LogP contribution in [0.15, 0.2) is 12.1 Å². The molecule has 1 aliphatic rings. The molecule has 0 aliphatic carbocycles. The highest BCUT2D eigenvalue weighted by atomic mass is 35.5. The van der Waals surface area contributed by atoms with Crippen LogP contribution in [0.2, 0.25) is 5.02 Å². The molecule has 1 fully saturated rings. The first-order valence-electron chi connectivity index (χ1n) is 8.50. The fourth-order valence-electron chi connectivity index (χ4n) is 2.82. The lowest BCUT2D eigenvalue weighted by atomic mass is 10.1. The number of rotatable bonds is 6. The third-order valence-corrected chi connectivity index (χ3v) is 3.99. The quantitative estimate of drug-likeness (QED) is 0.779. The molecule has 1 aliphatic heterocycles. The van der Waals surface area contributed by atoms with Gasteiger partial charge in [-0.15, -0.1) is 0 Å². The van der Waals surface area contributed by atoms with Crippen molar-refractivity contribution >= 4 is 17.5 Å². The van der Waals surface area contributed by atoms with E-state index in [1.165, 1.54) is 0 Å². The molecule has 1 saturated heterocycles. The van der Waals surface area contributed by atoms with Gasteiger partial charge >= 0.3 is 0 Å². The SMILES string of the molecule is CCCOc1c(Cl)cc(C(=O)N2C[C@@H](C)O[C@@H](C)C2)cc1OCC. The minimum Gasteiger partial charge on any atom is -0.490 e. The molecule has 5 nitrogen and oxygen atoms in total. The van der Waals surface area contributed by atoms with E-state index in [1.807, 2.05) is 27.7 Å². The lowest BCUT2D eigenvalue weighted by molar-refractivity contribution is -0.0586. The van der Waals surface area contributed by atoms with E-state index in [4.69, 9.17) is 25.8 Å². The predicted molar refractivity (Wildman–Crippen MR) is 94.3 cm³/mol. The van der Waals surface area contributed by atoms with Gasteiger partial charge in [-0.05, 0) is 39.3 Å². The summed E-state index contributed by atoms with van der Waals surface area (Å²) in [7, 11) is 0. The van der Waals surface area contributed by atoms with Gasteiger partial charge in [0.05, 0.1) is 30.4 Å². The van der Waals surface area contributed by atoms with Crippen molar-refractivity contribution in [3.8, 4) is 11.5 Å². The van der Waals surface area contributed by atoms with Gasteiger partial charge in [-0.25, -0.2) is 0 Å². The fourth-order valence-corrected chi connectivity index (χ4v) is 3.09. The minimum absolute atomic E-state index is 0.0201. The zero-order chi connectivity index (χ0) is 17.7. The Kier molecular flexibility index (Phi) is 6.75. The van der Waals surface area contributed by atoms with Crippen molar-refractivity contribution in [1.82, 2.24) is 4.90 Å². The Balaban J connectivity index is 2.27. The Morgan fingerprint density at radius 1 is 1.25 bits per heavy atom. The molecular formula is C18H26ClNO4. The first-order chi connectivity index (χ1) is 11.5. The van der Waals surface area contributed by atoms with Crippen molar-refractivity contribution in [2.45, 2.75) is 46.3 Å². The van der Waals surface area contributed by atoms with Crippen LogP contribution in [0.4, 0.5) is 0 Å². The van der Waals surface area contributed by atoms with Gasteiger partial charge in [0.25, 0.3) is 5.91 Å². The van der Waals surface area contributed by atoms with Gasteiger partial charge in [-0.1, -0.05) is 18.5 Å². The van der Waals surface area contributed by atoms with Crippen LogP contribution < -0.4 is 9.47 Å². The van der Waals surface area contributed by atoms with Gasteiger partial charge < -0.3 is 19.1 Å². The number of hydrogen-bond donors (Lipinski definition) is 0. The molecule has 24 heavy (non-hydrogen) atoms. The highest BCUT2D eigenvalue weighted by Crippen LogP contribution is 2.37. The van der Waals surface area contributed by atoms with Gasteiger partial charge in [0, 0.05) is 18.7 Å². The topological polar surface area (TPSA) is 48.0 Å². The molecule has 0 bridgehead atoms. The van der Waals surface area contributed by atoms with Gasteiger partial charge in [-0.3, -0.25) is 4.79 Å². The third-order valence-electron chi connectivity index (χ3n) is 3.71. The Morgan fingerprint density at radius 3 is 2.50 bits per heavy atom. The first-order valence-corrected chi connectivity index (χ1v) is 8.87. The molecule has 6 heteroatoms. The molecule has 1 amide bonds. The molecule has 1 heterocycles. The Bertz CT molecular complexity index is 568. The molecule has 2 rings (SSSR count). The van der Waals surface area contributed by atoms with Gasteiger partial charge in [0.2, 0.25) is 0 Å². The van der Waals surface area contributed by atoms with E-state index in [2.05, 4.69) is 0 Å². The molecule has 0 saturated carbocycles. The van der Waals surface area contributed by atoms with Crippen LogP contribution in [0, 0.1) is 0 Å². The van der Waals surface area contributed by atoms with Gasteiger partial charge in [0.1, 0.15) is 0 Å². The maximum atomic E-state index is 12.8. The summed E-state index contributed by atoms with van der Waals surface area (Å²) in [6.07, 6.45) is 0.907. The molecule has 2 atom stereocenters. The van der Waals surface area contributed by atoms with Crippen molar-refractivity contribution in [1.29, 1.82) is 0 Å². The average molecular weight is 356 g/mol. The number of carbonyl (C=O) groups excluding carboxylic acids is 1. The highest BCUT2D eigenvalue weighted by Gasteiger charge is 2.27. The molecule has 1 aromatic carbocycles. The van der Waals surface area contributed by atoms with Crippen LogP contribution in [0.3, 0.4) is 0 Å². The number of halogens is 1. The summed E-state index contributed by atoms with van der Waals surface area (Å²) in [5.74, 6) is 0.943. The minimum atomic E-state index is -0.0677. The normalized spacial score (nSPS) is 20.8. The summed E-state index contributed by atoms with van der Waals surface area (Å²) in [5, 5.41) is 0.395. The van der Waals surface area contributed by atoms with E-state index in [9.17, 15) is 4.79 Å². The number of nitrogens with zero attached hydrogens (tertiary/aromatic N) is 1. The first kappa shape index (κ1) is 18.9. The van der Waals surface area contributed by atoms with Gasteiger partial charge in [0.15, 0.2) is 11.5 Å². The summed E-state index contributed by atoms with van der Waals surface area (Å²) < 4.78 is 17.0. The number of ether oxygens (including phenoxy) is 3. The van der Waals surface area contributed by atoms with E-state index in [0.29, 0.717) is 48.4 Å². The van der Waals surface area contributed by atoms with Crippen molar-refractivity contribution in [3.05, 3.63) is 22.7 Å². The highest BCUT2D eigenvalue weighted by molar-refractivity contribution is 6.32. The molecule has 0 N–H and O–H groups in total. The monoisotopic (exact) mass is 355 g/mol. The Labute approximate surface area is 148 Å². The number of benzene rings is 1. The summed E-state index contributed by atoms with van der Waals surface area (Å²) in [5.41, 5.74) is 0.508.